The minimum absolute atomic E-state index is 0.0450. The first kappa shape index (κ1) is 17.0. The largest absolute Gasteiger partial charge is 0.465 e. The minimum atomic E-state index is -0.513. The lowest BCUT2D eigenvalue weighted by atomic mass is 9.97. The van der Waals surface area contributed by atoms with Crippen molar-refractivity contribution in [2.24, 2.45) is 22.7 Å². The van der Waals surface area contributed by atoms with Gasteiger partial charge in [0.1, 0.15) is 5.60 Å². The molecule has 0 amide bonds. The third kappa shape index (κ3) is 3.97. The second-order valence-electron chi connectivity index (χ2n) is 8.29. The maximum atomic E-state index is 12.1. The lowest BCUT2D eigenvalue weighted by Crippen LogP contribution is -2.26. The highest BCUT2D eigenvalue weighted by Gasteiger charge is 2.63. The molecule has 1 fully saturated rings. The van der Waals surface area contributed by atoms with Crippen LogP contribution >= 0.6 is 0 Å². The molecule has 0 bridgehead atoms. The van der Waals surface area contributed by atoms with Crippen molar-refractivity contribution < 1.29 is 19.1 Å². The molecule has 20 heavy (non-hydrogen) atoms. The van der Waals surface area contributed by atoms with Gasteiger partial charge < -0.3 is 9.47 Å². The van der Waals surface area contributed by atoms with Gasteiger partial charge in [-0.1, -0.05) is 13.8 Å². The molecule has 2 atom stereocenters. The molecule has 1 saturated carbocycles. The first-order valence-electron chi connectivity index (χ1n) is 7.17. The smallest absolute Gasteiger partial charge is 0.311 e. The Morgan fingerprint density at radius 3 is 1.95 bits per heavy atom. The van der Waals surface area contributed by atoms with Crippen molar-refractivity contribution in [1.29, 1.82) is 0 Å². The first-order valence-corrected chi connectivity index (χ1v) is 7.17. The quantitative estimate of drug-likeness (QED) is 0.747. The summed E-state index contributed by atoms with van der Waals surface area (Å²) < 4.78 is 10.8. The Hall–Kier alpha value is -1.06. The van der Waals surface area contributed by atoms with Crippen molar-refractivity contribution in [2.45, 2.75) is 61.0 Å². The average Bonchev–Trinajstić information content (AvgIpc) is 2.72. The molecule has 0 aromatic rings. The third-order valence-electron chi connectivity index (χ3n) is 3.72. The first-order chi connectivity index (χ1) is 8.77. The molecular formula is C16H28O4. The molecule has 4 nitrogen and oxygen atoms in total. The molecule has 0 aromatic carbocycles. The molecule has 0 aromatic heterocycles. The minimum Gasteiger partial charge on any atom is -0.465 e. The van der Waals surface area contributed by atoms with Crippen LogP contribution in [0.2, 0.25) is 0 Å². The van der Waals surface area contributed by atoms with E-state index in [-0.39, 0.29) is 35.8 Å². The van der Waals surface area contributed by atoms with Gasteiger partial charge in [0, 0.05) is 5.92 Å². The van der Waals surface area contributed by atoms with E-state index in [0.717, 1.165) is 0 Å². The SMILES string of the molecule is CC(C)(C)OC(=O)C1C(COC(=O)C(C)(C)C)C1(C)C. The summed E-state index contributed by atoms with van der Waals surface area (Å²) in [5.74, 6) is -0.569. The van der Waals surface area contributed by atoms with Crippen LogP contribution in [-0.4, -0.2) is 24.1 Å². The van der Waals surface area contributed by atoms with Crippen molar-refractivity contribution in [1.82, 2.24) is 0 Å². The second kappa shape index (κ2) is 5.05. The van der Waals surface area contributed by atoms with E-state index in [0.29, 0.717) is 0 Å². The normalized spacial score (nSPS) is 25.0. The molecular weight excluding hydrogens is 256 g/mol. The Morgan fingerprint density at radius 1 is 1.05 bits per heavy atom. The number of carbonyl (C=O) groups excluding carboxylic acids is 2. The van der Waals surface area contributed by atoms with E-state index in [1.165, 1.54) is 0 Å². The maximum Gasteiger partial charge on any atom is 0.311 e. The van der Waals surface area contributed by atoms with Gasteiger partial charge in [-0.2, -0.15) is 0 Å². The fraction of sp³-hybridized carbons (Fsp3) is 0.875. The predicted octanol–water partition coefficient (Wildman–Crippen LogP) is 3.19. The monoisotopic (exact) mass is 284 g/mol. The summed E-state index contributed by atoms with van der Waals surface area (Å²) in [5, 5.41) is 0. The zero-order valence-corrected chi connectivity index (χ0v) is 14.0. The molecule has 2 unspecified atom stereocenters. The Morgan fingerprint density at radius 2 is 1.55 bits per heavy atom. The summed E-state index contributed by atoms with van der Waals surface area (Å²) in [7, 11) is 0. The second-order valence-corrected chi connectivity index (χ2v) is 8.29. The van der Waals surface area contributed by atoms with Gasteiger partial charge in [0.25, 0.3) is 0 Å². The summed E-state index contributed by atoms with van der Waals surface area (Å²) >= 11 is 0. The molecule has 116 valence electrons. The van der Waals surface area contributed by atoms with Crippen LogP contribution in [-0.2, 0) is 19.1 Å². The highest BCUT2D eigenvalue weighted by molar-refractivity contribution is 5.78. The molecule has 1 aliphatic rings. The van der Waals surface area contributed by atoms with E-state index in [2.05, 4.69) is 0 Å². The van der Waals surface area contributed by atoms with E-state index in [1.807, 2.05) is 55.4 Å². The number of carbonyl (C=O) groups is 2. The van der Waals surface area contributed by atoms with Crippen LogP contribution in [0.15, 0.2) is 0 Å². The number of esters is 2. The van der Waals surface area contributed by atoms with Gasteiger partial charge in [0.2, 0.25) is 0 Å². The van der Waals surface area contributed by atoms with Crippen LogP contribution in [0.1, 0.15) is 55.4 Å². The number of rotatable bonds is 3. The van der Waals surface area contributed by atoms with E-state index in [4.69, 9.17) is 9.47 Å². The maximum absolute atomic E-state index is 12.1. The lowest BCUT2D eigenvalue weighted by Gasteiger charge is -2.20. The molecule has 0 spiro atoms. The number of hydrogen-bond donors (Lipinski definition) is 0. The Kier molecular flexibility index (Phi) is 4.29. The average molecular weight is 284 g/mol. The third-order valence-corrected chi connectivity index (χ3v) is 3.72. The molecule has 0 saturated heterocycles. The van der Waals surface area contributed by atoms with Crippen LogP contribution in [0.5, 0.6) is 0 Å². The Balaban J connectivity index is 2.57. The number of ether oxygens (including phenoxy) is 2. The van der Waals surface area contributed by atoms with Gasteiger partial charge >= 0.3 is 11.9 Å². The van der Waals surface area contributed by atoms with Crippen molar-refractivity contribution in [3.8, 4) is 0 Å². The summed E-state index contributed by atoms with van der Waals surface area (Å²) in [6.45, 7) is 15.3. The molecule has 4 heteroatoms. The van der Waals surface area contributed by atoms with Crippen molar-refractivity contribution in [2.75, 3.05) is 6.61 Å². The fourth-order valence-corrected chi connectivity index (χ4v) is 2.27. The predicted molar refractivity (Wildman–Crippen MR) is 77.0 cm³/mol. The number of hydrogen-bond acceptors (Lipinski definition) is 4. The van der Waals surface area contributed by atoms with E-state index < -0.39 is 11.0 Å². The summed E-state index contributed by atoms with van der Waals surface area (Å²) in [6.07, 6.45) is 0. The van der Waals surface area contributed by atoms with Gasteiger partial charge in [-0.05, 0) is 47.0 Å². The van der Waals surface area contributed by atoms with Crippen LogP contribution in [0, 0.1) is 22.7 Å². The summed E-state index contributed by atoms with van der Waals surface area (Å²) in [5.41, 5.74) is -1.16. The van der Waals surface area contributed by atoms with Crippen molar-refractivity contribution >= 4 is 11.9 Å². The van der Waals surface area contributed by atoms with Gasteiger partial charge in [-0.3, -0.25) is 9.59 Å². The van der Waals surface area contributed by atoms with Crippen molar-refractivity contribution in [3.05, 3.63) is 0 Å². The standard InChI is InChI=1S/C16H28O4/c1-14(2,3)13(18)19-9-10-11(16(10,7)8)12(17)20-15(4,5)6/h10-11H,9H2,1-8H3. The van der Waals surface area contributed by atoms with Gasteiger partial charge in [-0.15, -0.1) is 0 Å². The zero-order chi connectivity index (χ0) is 15.9. The van der Waals surface area contributed by atoms with E-state index in [1.54, 1.807) is 0 Å². The molecule has 1 aliphatic carbocycles. The van der Waals surface area contributed by atoms with Crippen LogP contribution in [0.25, 0.3) is 0 Å². The van der Waals surface area contributed by atoms with Crippen molar-refractivity contribution in [3.63, 3.8) is 0 Å². The molecule has 0 N–H and O–H groups in total. The highest BCUT2D eigenvalue weighted by atomic mass is 16.6. The van der Waals surface area contributed by atoms with Gasteiger partial charge in [-0.25, -0.2) is 0 Å². The Bertz CT molecular complexity index is 396. The zero-order valence-electron chi connectivity index (χ0n) is 14.0. The topological polar surface area (TPSA) is 52.6 Å². The molecule has 0 radical (unpaired) electrons. The summed E-state index contributed by atoms with van der Waals surface area (Å²) in [6, 6.07) is 0. The molecule has 0 aliphatic heterocycles. The van der Waals surface area contributed by atoms with Crippen LogP contribution in [0.4, 0.5) is 0 Å². The van der Waals surface area contributed by atoms with Gasteiger partial charge in [0.05, 0.1) is 17.9 Å². The van der Waals surface area contributed by atoms with Crippen LogP contribution < -0.4 is 0 Å². The Labute approximate surface area is 122 Å². The van der Waals surface area contributed by atoms with Gasteiger partial charge in [0.15, 0.2) is 0 Å². The highest BCUT2D eigenvalue weighted by Crippen LogP contribution is 2.59. The molecule has 1 rings (SSSR count). The van der Waals surface area contributed by atoms with Crippen LogP contribution in [0.3, 0.4) is 0 Å². The fourth-order valence-electron chi connectivity index (χ4n) is 2.27. The summed E-state index contributed by atoms with van der Waals surface area (Å²) in [4.78, 5) is 23.9. The lowest BCUT2D eigenvalue weighted by molar-refractivity contribution is -0.159. The molecule has 0 heterocycles. The van der Waals surface area contributed by atoms with E-state index >= 15 is 0 Å². The van der Waals surface area contributed by atoms with E-state index in [9.17, 15) is 9.59 Å².